The molecule has 2 rings (SSSR count). The van der Waals surface area contributed by atoms with Gasteiger partial charge in [0.05, 0.1) is 10.0 Å². The number of carbonyl (C=O) groups is 1. The highest BCUT2D eigenvalue weighted by Gasteiger charge is 2.11. The van der Waals surface area contributed by atoms with Crippen LogP contribution in [0, 0.1) is 12.7 Å². The van der Waals surface area contributed by atoms with Crippen LogP contribution in [0.4, 0.5) is 4.39 Å². The van der Waals surface area contributed by atoms with Gasteiger partial charge in [0.25, 0.3) is 0 Å². The van der Waals surface area contributed by atoms with Gasteiger partial charge in [0.2, 0.25) is 0 Å². The lowest BCUT2D eigenvalue weighted by molar-refractivity contribution is 0.101. The third kappa shape index (κ3) is 2.80. The Hall–Kier alpha value is -1.38. The number of Topliss-reactive ketones (excluding diaryl/α,β-unsaturated/α-hetero) is 1. The van der Waals surface area contributed by atoms with Gasteiger partial charge in [-0.25, -0.2) is 4.39 Å². The summed E-state index contributed by atoms with van der Waals surface area (Å²) in [5, 5.41) is 0.679. The molecule has 98 valence electrons. The maximum absolute atomic E-state index is 13.4. The first-order valence-electron chi connectivity index (χ1n) is 5.66. The molecule has 0 radical (unpaired) electrons. The molecule has 2 aromatic rings. The van der Waals surface area contributed by atoms with Gasteiger partial charge in [0, 0.05) is 11.1 Å². The molecule has 0 aliphatic carbocycles. The maximum atomic E-state index is 13.4. The van der Waals surface area contributed by atoms with Crippen molar-refractivity contribution in [2.75, 3.05) is 0 Å². The second-order valence-electron chi connectivity index (χ2n) is 4.33. The Bertz CT molecular complexity index is 665. The molecular formula is C15H11Cl2FO. The molecule has 0 saturated carbocycles. The highest BCUT2D eigenvalue weighted by atomic mass is 35.5. The van der Waals surface area contributed by atoms with Gasteiger partial charge in [-0.05, 0) is 49.2 Å². The molecule has 0 heterocycles. The molecule has 19 heavy (non-hydrogen) atoms. The molecule has 0 amide bonds. The zero-order valence-corrected chi connectivity index (χ0v) is 11.9. The number of halogens is 3. The van der Waals surface area contributed by atoms with Crippen LogP contribution >= 0.6 is 23.2 Å². The van der Waals surface area contributed by atoms with E-state index >= 15 is 0 Å². The summed E-state index contributed by atoms with van der Waals surface area (Å²) in [6.07, 6.45) is 0. The third-order valence-corrected chi connectivity index (χ3v) is 3.53. The molecule has 2 aromatic carbocycles. The summed E-state index contributed by atoms with van der Waals surface area (Å²) in [4.78, 5) is 11.3. The summed E-state index contributed by atoms with van der Waals surface area (Å²) < 4.78 is 13.4. The fourth-order valence-electron chi connectivity index (χ4n) is 1.85. The van der Waals surface area contributed by atoms with Gasteiger partial charge in [0.15, 0.2) is 5.78 Å². The molecule has 0 bridgehead atoms. The van der Waals surface area contributed by atoms with E-state index < -0.39 is 0 Å². The summed E-state index contributed by atoms with van der Waals surface area (Å²) in [6.45, 7) is 3.12. The van der Waals surface area contributed by atoms with E-state index in [1.165, 1.54) is 13.0 Å². The summed E-state index contributed by atoms with van der Waals surface area (Å²) in [7, 11) is 0. The number of carbonyl (C=O) groups excluding carboxylic acids is 1. The minimum Gasteiger partial charge on any atom is -0.294 e. The third-order valence-electron chi connectivity index (χ3n) is 2.91. The molecule has 1 nitrogen and oxygen atoms in total. The Labute approximate surface area is 121 Å². The number of hydrogen-bond acceptors (Lipinski definition) is 1. The van der Waals surface area contributed by atoms with Crippen LogP contribution in [0.2, 0.25) is 10.0 Å². The standard InChI is InChI=1S/C15H11Cl2FO/c1-8-5-12(14(17)7-15(8)18)10-3-4-11(9(2)19)13(16)6-10/h3-7H,1-2H3. The second-order valence-corrected chi connectivity index (χ2v) is 5.15. The Morgan fingerprint density at radius 1 is 1.11 bits per heavy atom. The van der Waals surface area contributed by atoms with Crippen molar-refractivity contribution in [2.24, 2.45) is 0 Å². The first-order valence-corrected chi connectivity index (χ1v) is 6.42. The van der Waals surface area contributed by atoms with Crippen molar-refractivity contribution in [3.8, 4) is 11.1 Å². The van der Waals surface area contributed by atoms with E-state index in [4.69, 9.17) is 23.2 Å². The summed E-state index contributed by atoms with van der Waals surface area (Å²) in [6, 6.07) is 8.00. The minimum atomic E-state index is -0.347. The summed E-state index contributed by atoms with van der Waals surface area (Å²) >= 11 is 12.1. The Morgan fingerprint density at radius 2 is 1.79 bits per heavy atom. The van der Waals surface area contributed by atoms with Crippen LogP contribution < -0.4 is 0 Å². The SMILES string of the molecule is CC(=O)c1ccc(-c2cc(C)c(F)cc2Cl)cc1Cl. The van der Waals surface area contributed by atoms with Crippen LogP contribution in [0.15, 0.2) is 30.3 Å². The van der Waals surface area contributed by atoms with Crippen molar-refractivity contribution in [3.63, 3.8) is 0 Å². The van der Waals surface area contributed by atoms with Crippen LogP contribution in [0.25, 0.3) is 11.1 Å². The molecule has 0 spiro atoms. The molecule has 0 aromatic heterocycles. The van der Waals surface area contributed by atoms with Gasteiger partial charge in [-0.2, -0.15) is 0 Å². The topological polar surface area (TPSA) is 17.1 Å². The van der Waals surface area contributed by atoms with E-state index in [0.717, 1.165) is 5.56 Å². The van der Waals surface area contributed by atoms with Crippen LogP contribution in [-0.4, -0.2) is 5.78 Å². The quantitative estimate of drug-likeness (QED) is 0.686. The summed E-state index contributed by atoms with van der Waals surface area (Å²) in [5.74, 6) is -0.446. The zero-order chi connectivity index (χ0) is 14.2. The Morgan fingerprint density at radius 3 is 2.37 bits per heavy atom. The molecule has 0 N–H and O–H groups in total. The van der Waals surface area contributed by atoms with E-state index in [1.54, 1.807) is 31.2 Å². The first kappa shape index (κ1) is 14.0. The number of aryl methyl sites for hydroxylation is 1. The lowest BCUT2D eigenvalue weighted by Gasteiger charge is -2.09. The van der Waals surface area contributed by atoms with Crippen molar-refractivity contribution in [3.05, 3.63) is 57.3 Å². The van der Waals surface area contributed by atoms with Crippen molar-refractivity contribution in [1.29, 1.82) is 0 Å². The monoisotopic (exact) mass is 296 g/mol. The smallest absolute Gasteiger partial charge is 0.161 e. The molecule has 0 saturated heterocycles. The van der Waals surface area contributed by atoms with Gasteiger partial charge in [-0.15, -0.1) is 0 Å². The average Bonchev–Trinajstić information content (AvgIpc) is 2.33. The Kier molecular flexibility index (Phi) is 3.93. The van der Waals surface area contributed by atoms with Crippen molar-refractivity contribution in [1.82, 2.24) is 0 Å². The predicted octanol–water partition coefficient (Wildman–Crippen LogP) is 5.31. The molecular weight excluding hydrogens is 286 g/mol. The lowest BCUT2D eigenvalue weighted by atomic mass is 10.0. The van der Waals surface area contributed by atoms with Crippen LogP contribution in [-0.2, 0) is 0 Å². The highest BCUT2D eigenvalue weighted by molar-refractivity contribution is 6.35. The van der Waals surface area contributed by atoms with Crippen molar-refractivity contribution in [2.45, 2.75) is 13.8 Å². The van der Waals surface area contributed by atoms with Gasteiger partial charge >= 0.3 is 0 Å². The van der Waals surface area contributed by atoms with Crippen molar-refractivity contribution < 1.29 is 9.18 Å². The largest absolute Gasteiger partial charge is 0.294 e. The summed E-state index contributed by atoms with van der Waals surface area (Å²) in [5.41, 5.74) is 2.41. The molecule has 4 heteroatoms. The lowest BCUT2D eigenvalue weighted by Crippen LogP contribution is -1.94. The molecule has 0 aliphatic rings. The molecule has 0 aliphatic heterocycles. The highest BCUT2D eigenvalue weighted by Crippen LogP contribution is 2.32. The molecule has 0 fully saturated rings. The van der Waals surface area contributed by atoms with Gasteiger partial charge in [-0.1, -0.05) is 29.3 Å². The van der Waals surface area contributed by atoms with Crippen LogP contribution in [0.5, 0.6) is 0 Å². The van der Waals surface area contributed by atoms with Gasteiger partial charge in [0.1, 0.15) is 5.82 Å². The minimum absolute atomic E-state index is 0.0991. The van der Waals surface area contributed by atoms with Crippen molar-refractivity contribution >= 4 is 29.0 Å². The fourth-order valence-corrected chi connectivity index (χ4v) is 2.42. The number of rotatable bonds is 2. The van der Waals surface area contributed by atoms with E-state index in [1.807, 2.05) is 0 Å². The van der Waals surface area contributed by atoms with Crippen LogP contribution in [0.3, 0.4) is 0 Å². The number of ketones is 1. The second kappa shape index (κ2) is 5.32. The van der Waals surface area contributed by atoms with E-state index in [2.05, 4.69) is 0 Å². The number of hydrogen-bond donors (Lipinski definition) is 0. The maximum Gasteiger partial charge on any atom is 0.161 e. The van der Waals surface area contributed by atoms with E-state index in [9.17, 15) is 9.18 Å². The predicted molar refractivity (Wildman–Crippen MR) is 76.6 cm³/mol. The normalized spacial score (nSPS) is 10.6. The van der Waals surface area contributed by atoms with E-state index in [-0.39, 0.29) is 11.6 Å². The van der Waals surface area contributed by atoms with E-state index in [0.29, 0.717) is 26.7 Å². The average molecular weight is 297 g/mol. The molecule has 0 unspecified atom stereocenters. The zero-order valence-electron chi connectivity index (χ0n) is 10.4. The van der Waals surface area contributed by atoms with Gasteiger partial charge < -0.3 is 0 Å². The first-order chi connectivity index (χ1) is 8.90. The molecule has 0 atom stereocenters. The number of benzene rings is 2. The fraction of sp³-hybridized carbons (Fsp3) is 0.133. The van der Waals surface area contributed by atoms with Gasteiger partial charge in [-0.3, -0.25) is 4.79 Å². The van der Waals surface area contributed by atoms with Crippen LogP contribution in [0.1, 0.15) is 22.8 Å². The Balaban J connectivity index is 2.57.